The van der Waals surface area contributed by atoms with Gasteiger partial charge in [0.25, 0.3) is 5.91 Å². The molecule has 0 N–H and O–H groups in total. The number of halogens is 1. The van der Waals surface area contributed by atoms with Gasteiger partial charge in [-0.1, -0.05) is 66.2 Å². The highest BCUT2D eigenvalue weighted by atomic mass is 35.5. The van der Waals surface area contributed by atoms with Crippen molar-refractivity contribution in [2.24, 2.45) is 0 Å². The van der Waals surface area contributed by atoms with E-state index in [0.29, 0.717) is 25.2 Å². The minimum Gasteiger partial charge on any atom is -0.345 e. The van der Waals surface area contributed by atoms with Crippen LogP contribution in [0, 0.1) is 0 Å². The highest BCUT2D eigenvalue weighted by Gasteiger charge is 2.17. The van der Waals surface area contributed by atoms with Crippen LogP contribution in [0.1, 0.15) is 21.6 Å². The Kier molecular flexibility index (Phi) is 6.01. The Bertz CT molecular complexity index is 1190. The van der Waals surface area contributed by atoms with Gasteiger partial charge in [0.15, 0.2) is 0 Å². The largest absolute Gasteiger partial charge is 0.345 e. The summed E-state index contributed by atoms with van der Waals surface area (Å²) in [4.78, 5) is 15.1. The summed E-state index contributed by atoms with van der Waals surface area (Å²) in [5, 5.41) is 2.93. The smallest absolute Gasteiger partial charge is 0.254 e. The zero-order valence-electron chi connectivity index (χ0n) is 16.7. The van der Waals surface area contributed by atoms with Gasteiger partial charge in [-0.05, 0) is 46.7 Å². The normalized spacial score (nSPS) is 10.8. The Morgan fingerprint density at radius 1 is 0.967 bits per heavy atom. The zero-order chi connectivity index (χ0) is 20.9. The van der Waals surface area contributed by atoms with E-state index in [1.54, 1.807) is 6.08 Å². The second kappa shape index (κ2) is 9.02. The Hall–Kier alpha value is -3.30. The molecule has 0 saturated carbocycles. The molecule has 0 fully saturated rings. The summed E-state index contributed by atoms with van der Waals surface area (Å²) in [6.45, 7) is 5.47. The number of hydrogen-bond donors (Lipinski definition) is 0. The number of hydrogen-bond acceptors (Lipinski definition) is 1. The number of nitrogens with zero attached hydrogens (tertiary/aromatic N) is 2. The lowest BCUT2D eigenvalue weighted by atomic mass is 10.1. The highest BCUT2D eigenvalue weighted by Crippen LogP contribution is 2.20. The standard InChI is InChI=1S/C26H23ClN2O/c1-2-15-29(26(30)22-14-13-20-8-3-4-9-21(20)17-22)19-24-11-7-16-28(24)18-23-10-5-6-12-25(23)27/h2-14,16-17H,1,15,18-19H2. The third-order valence-corrected chi connectivity index (χ3v) is 5.58. The van der Waals surface area contributed by atoms with Crippen molar-refractivity contribution in [1.82, 2.24) is 9.47 Å². The molecule has 4 aromatic rings. The number of aromatic nitrogens is 1. The van der Waals surface area contributed by atoms with Gasteiger partial charge in [-0.15, -0.1) is 6.58 Å². The average Bonchev–Trinajstić information content (AvgIpc) is 3.21. The molecule has 3 aromatic carbocycles. The summed E-state index contributed by atoms with van der Waals surface area (Å²) in [7, 11) is 0. The Morgan fingerprint density at radius 2 is 1.73 bits per heavy atom. The minimum absolute atomic E-state index is 0.00820. The molecule has 0 saturated heterocycles. The monoisotopic (exact) mass is 414 g/mol. The fourth-order valence-electron chi connectivity index (χ4n) is 3.63. The van der Waals surface area contributed by atoms with Crippen LogP contribution in [0.2, 0.25) is 5.02 Å². The summed E-state index contributed by atoms with van der Waals surface area (Å²) in [5.74, 6) is -0.00820. The van der Waals surface area contributed by atoms with Crippen LogP contribution >= 0.6 is 11.6 Å². The van der Waals surface area contributed by atoms with Gasteiger partial charge in [-0.3, -0.25) is 4.79 Å². The minimum atomic E-state index is -0.00820. The molecule has 1 amide bonds. The molecule has 0 aliphatic carbocycles. The SMILES string of the molecule is C=CCN(Cc1cccn1Cc1ccccc1Cl)C(=O)c1ccc2ccccc2c1. The van der Waals surface area contributed by atoms with Gasteiger partial charge >= 0.3 is 0 Å². The molecule has 3 nitrogen and oxygen atoms in total. The van der Waals surface area contributed by atoms with Crippen molar-refractivity contribution >= 4 is 28.3 Å². The predicted molar refractivity (Wildman–Crippen MR) is 124 cm³/mol. The van der Waals surface area contributed by atoms with Crippen molar-refractivity contribution in [3.63, 3.8) is 0 Å². The average molecular weight is 415 g/mol. The lowest BCUT2D eigenvalue weighted by Crippen LogP contribution is -2.31. The molecule has 0 atom stereocenters. The first-order chi connectivity index (χ1) is 14.7. The molecule has 150 valence electrons. The van der Waals surface area contributed by atoms with Crippen LogP contribution in [0.3, 0.4) is 0 Å². The summed E-state index contributed by atoms with van der Waals surface area (Å²) in [6, 6.07) is 25.8. The molecule has 0 unspecified atom stereocenters. The van der Waals surface area contributed by atoms with E-state index in [4.69, 9.17) is 11.6 Å². The van der Waals surface area contributed by atoms with Crippen LogP contribution in [0.5, 0.6) is 0 Å². The third-order valence-electron chi connectivity index (χ3n) is 5.21. The topological polar surface area (TPSA) is 25.2 Å². The number of rotatable bonds is 7. The van der Waals surface area contributed by atoms with Crippen molar-refractivity contribution in [1.29, 1.82) is 0 Å². The fourth-order valence-corrected chi connectivity index (χ4v) is 3.83. The van der Waals surface area contributed by atoms with E-state index in [1.165, 1.54) is 0 Å². The van der Waals surface area contributed by atoms with E-state index in [-0.39, 0.29) is 5.91 Å². The molecule has 1 heterocycles. The van der Waals surface area contributed by atoms with Gasteiger partial charge in [0.05, 0.1) is 6.54 Å². The van der Waals surface area contributed by atoms with E-state index in [1.807, 2.05) is 90.0 Å². The molecule has 1 aromatic heterocycles. The summed E-state index contributed by atoms with van der Waals surface area (Å²) < 4.78 is 2.13. The van der Waals surface area contributed by atoms with Crippen LogP contribution in [0.4, 0.5) is 0 Å². The van der Waals surface area contributed by atoms with Crippen molar-refractivity contribution in [2.75, 3.05) is 6.54 Å². The number of benzene rings is 3. The van der Waals surface area contributed by atoms with E-state index < -0.39 is 0 Å². The summed E-state index contributed by atoms with van der Waals surface area (Å²) in [6.07, 6.45) is 3.78. The van der Waals surface area contributed by atoms with Gasteiger partial charge in [0, 0.05) is 35.6 Å². The van der Waals surface area contributed by atoms with E-state index >= 15 is 0 Å². The van der Waals surface area contributed by atoms with Crippen molar-refractivity contribution in [2.45, 2.75) is 13.1 Å². The van der Waals surface area contributed by atoms with E-state index in [0.717, 1.165) is 27.1 Å². The van der Waals surface area contributed by atoms with Gasteiger partial charge in [-0.25, -0.2) is 0 Å². The number of carbonyl (C=O) groups is 1. The second-order valence-electron chi connectivity index (χ2n) is 7.26. The molecule has 30 heavy (non-hydrogen) atoms. The molecule has 0 radical (unpaired) electrons. The van der Waals surface area contributed by atoms with Gasteiger partial charge in [0.1, 0.15) is 0 Å². The van der Waals surface area contributed by atoms with Gasteiger partial charge in [-0.2, -0.15) is 0 Å². The Labute approximate surface area is 181 Å². The third kappa shape index (κ3) is 4.32. The number of amides is 1. The molecular weight excluding hydrogens is 392 g/mol. The first kappa shape index (κ1) is 20.0. The van der Waals surface area contributed by atoms with Crippen LogP contribution in [0.15, 0.2) is 97.7 Å². The Morgan fingerprint density at radius 3 is 2.53 bits per heavy atom. The van der Waals surface area contributed by atoms with Gasteiger partial charge in [0.2, 0.25) is 0 Å². The molecule has 0 aliphatic heterocycles. The number of carbonyl (C=O) groups excluding carboxylic acids is 1. The second-order valence-corrected chi connectivity index (χ2v) is 7.66. The maximum Gasteiger partial charge on any atom is 0.254 e. The number of fused-ring (bicyclic) bond motifs is 1. The first-order valence-corrected chi connectivity index (χ1v) is 10.3. The van der Waals surface area contributed by atoms with Crippen LogP contribution in [-0.4, -0.2) is 21.9 Å². The molecule has 0 spiro atoms. The lowest BCUT2D eigenvalue weighted by molar-refractivity contribution is 0.0759. The van der Waals surface area contributed by atoms with Crippen LogP contribution in [0.25, 0.3) is 10.8 Å². The van der Waals surface area contributed by atoms with Crippen LogP contribution < -0.4 is 0 Å². The maximum atomic E-state index is 13.3. The Balaban J connectivity index is 1.58. The molecule has 0 bridgehead atoms. The maximum absolute atomic E-state index is 13.3. The molecule has 4 heteroatoms. The molecular formula is C26H23ClN2O. The summed E-state index contributed by atoms with van der Waals surface area (Å²) >= 11 is 6.34. The molecule has 4 rings (SSSR count). The summed E-state index contributed by atoms with van der Waals surface area (Å²) in [5.41, 5.74) is 2.78. The van der Waals surface area contributed by atoms with Crippen molar-refractivity contribution < 1.29 is 4.79 Å². The lowest BCUT2D eigenvalue weighted by Gasteiger charge is -2.23. The van der Waals surface area contributed by atoms with E-state index in [2.05, 4.69) is 11.1 Å². The highest BCUT2D eigenvalue weighted by molar-refractivity contribution is 6.31. The molecule has 0 aliphatic rings. The van der Waals surface area contributed by atoms with Gasteiger partial charge < -0.3 is 9.47 Å². The van der Waals surface area contributed by atoms with Crippen molar-refractivity contribution in [3.05, 3.63) is 120 Å². The quantitative estimate of drug-likeness (QED) is 0.332. The first-order valence-electron chi connectivity index (χ1n) is 9.92. The van der Waals surface area contributed by atoms with E-state index in [9.17, 15) is 4.79 Å². The zero-order valence-corrected chi connectivity index (χ0v) is 17.4. The fraction of sp³-hybridized carbons (Fsp3) is 0.115. The van der Waals surface area contributed by atoms with Crippen LogP contribution in [-0.2, 0) is 13.1 Å². The predicted octanol–water partition coefficient (Wildman–Crippen LogP) is 6.17. The van der Waals surface area contributed by atoms with Crippen molar-refractivity contribution in [3.8, 4) is 0 Å².